The molecule has 0 radical (unpaired) electrons. The molecule has 0 aliphatic carbocycles. The van der Waals surface area contributed by atoms with E-state index >= 15 is 0 Å². The number of benzene rings is 2. The molecule has 0 spiro atoms. The van der Waals surface area contributed by atoms with Gasteiger partial charge in [0.05, 0.1) is 12.7 Å². The van der Waals surface area contributed by atoms with Gasteiger partial charge in [0.2, 0.25) is 0 Å². The quantitative estimate of drug-likeness (QED) is 0.685. The summed E-state index contributed by atoms with van der Waals surface area (Å²) in [7, 11) is 1.54. The number of ether oxygens (including phenoxy) is 1. The lowest BCUT2D eigenvalue weighted by Crippen LogP contribution is -2.00. The maximum absolute atomic E-state index is 13.2. The highest BCUT2D eigenvalue weighted by molar-refractivity contribution is 6.20. The number of aliphatic carboxylic acids is 1. The molecule has 0 heterocycles. The Morgan fingerprint density at radius 3 is 2.60 bits per heavy atom. The Morgan fingerprint density at radius 2 is 1.95 bits per heavy atom. The zero-order valence-corrected chi connectivity index (χ0v) is 10.8. The van der Waals surface area contributed by atoms with Crippen LogP contribution in [0.25, 0.3) is 11.6 Å². The van der Waals surface area contributed by atoms with Gasteiger partial charge in [-0.15, -0.1) is 0 Å². The van der Waals surface area contributed by atoms with Crippen LogP contribution in [0.3, 0.4) is 0 Å². The molecule has 0 saturated carbocycles. The van der Waals surface area contributed by atoms with Crippen LogP contribution >= 0.6 is 0 Å². The predicted molar refractivity (Wildman–Crippen MR) is 74.9 cm³/mol. The molecule has 0 bridgehead atoms. The molecule has 0 fully saturated rings. The van der Waals surface area contributed by atoms with E-state index in [1.807, 2.05) is 0 Å². The summed E-state index contributed by atoms with van der Waals surface area (Å²) in [6, 6.07) is 12.5. The molecule has 3 nitrogen and oxygen atoms in total. The van der Waals surface area contributed by atoms with Gasteiger partial charge in [0.25, 0.3) is 0 Å². The van der Waals surface area contributed by atoms with Crippen molar-refractivity contribution in [3.8, 4) is 5.75 Å². The lowest BCUT2D eigenvalue weighted by Gasteiger charge is -2.05. The normalized spacial score (nSPS) is 11.2. The Morgan fingerprint density at radius 1 is 1.20 bits per heavy atom. The number of carboxylic acids is 1. The minimum atomic E-state index is -1.11. The maximum Gasteiger partial charge on any atom is 0.336 e. The summed E-state index contributed by atoms with van der Waals surface area (Å²) in [6.07, 6.45) is 1.49. The Balaban J connectivity index is 2.47. The van der Waals surface area contributed by atoms with Gasteiger partial charge in [-0.3, -0.25) is 0 Å². The van der Waals surface area contributed by atoms with Gasteiger partial charge in [0, 0.05) is 0 Å². The van der Waals surface area contributed by atoms with E-state index in [4.69, 9.17) is 4.74 Å². The average molecular weight is 272 g/mol. The molecule has 0 aromatic heterocycles. The van der Waals surface area contributed by atoms with Crippen LogP contribution in [0, 0.1) is 5.82 Å². The number of hydrogen-bond donors (Lipinski definition) is 1. The van der Waals surface area contributed by atoms with Gasteiger partial charge in [-0.1, -0.05) is 24.3 Å². The standard InChI is InChI=1S/C16H13FO3/c1-20-14-7-2-4-11(8-14)9-15(16(18)19)12-5-3-6-13(17)10-12/h2-10H,1H3,(H,18,19)/b15-9+. The van der Waals surface area contributed by atoms with Crippen molar-refractivity contribution in [2.45, 2.75) is 0 Å². The van der Waals surface area contributed by atoms with Crippen LogP contribution in [0.15, 0.2) is 48.5 Å². The zero-order valence-electron chi connectivity index (χ0n) is 10.8. The lowest BCUT2D eigenvalue weighted by atomic mass is 10.0. The van der Waals surface area contributed by atoms with Gasteiger partial charge >= 0.3 is 5.97 Å². The van der Waals surface area contributed by atoms with Crippen molar-refractivity contribution in [2.75, 3.05) is 7.11 Å². The van der Waals surface area contributed by atoms with Gasteiger partial charge in [-0.2, -0.15) is 0 Å². The largest absolute Gasteiger partial charge is 0.497 e. The first-order valence-corrected chi connectivity index (χ1v) is 5.95. The molecular weight excluding hydrogens is 259 g/mol. The SMILES string of the molecule is COc1cccc(/C=C(/C(=O)O)c2cccc(F)c2)c1. The second kappa shape index (κ2) is 6.02. The first-order chi connectivity index (χ1) is 9.60. The molecule has 2 rings (SSSR count). The summed E-state index contributed by atoms with van der Waals surface area (Å²) < 4.78 is 18.3. The van der Waals surface area contributed by atoms with Gasteiger partial charge in [-0.25, -0.2) is 9.18 Å². The summed E-state index contributed by atoms with van der Waals surface area (Å²) in [5.74, 6) is -0.957. The van der Waals surface area contributed by atoms with Crippen molar-refractivity contribution in [2.24, 2.45) is 0 Å². The van der Waals surface area contributed by atoms with Crippen molar-refractivity contribution in [3.05, 3.63) is 65.5 Å². The van der Waals surface area contributed by atoms with Crippen LogP contribution in [0.5, 0.6) is 5.75 Å². The van der Waals surface area contributed by atoms with Gasteiger partial charge < -0.3 is 9.84 Å². The number of carbonyl (C=O) groups is 1. The van der Waals surface area contributed by atoms with Crippen molar-refractivity contribution in [3.63, 3.8) is 0 Å². The molecule has 4 heteroatoms. The Hall–Kier alpha value is -2.62. The fourth-order valence-corrected chi connectivity index (χ4v) is 1.82. The van der Waals surface area contributed by atoms with Gasteiger partial charge in [-0.05, 0) is 41.5 Å². The Kier molecular flexibility index (Phi) is 4.15. The number of rotatable bonds is 4. The molecule has 2 aromatic carbocycles. The van der Waals surface area contributed by atoms with Gasteiger partial charge in [0.15, 0.2) is 0 Å². The molecule has 0 aliphatic rings. The molecule has 1 N–H and O–H groups in total. The molecule has 2 aromatic rings. The van der Waals surface area contributed by atoms with Crippen molar-refractivity contribution < 1.29 is 19.0 Å². The molecule has 0 aliphatic heterocycles. The van der Waals surface area contributed by atoms with E-state index in [1.165, 1.54) is 31.4 Å². The van der Waals surface area contributed by atoms with E-state index in [-0.39, 0.29) is 5.57 Å². The summed E-state index contributed by atoms with van der Waals surface area (Å²) in [6.45, 7) is 0. The van der Waals surface area contributed by atoms with Crippen LogP contribution < -0.4 is 4.74 Å². The molecular formula is C16H13FO3. The third-order valence-electron chi connectivity index (χ3n) is 2.77. The summed E-state index contributed by atoms with van der Waals surface area (Å²) >= 11 is 0. The summed E-state index contributed by atoms with van der Waals surface area (Å²) in [4.78, 5) is 11.3. The third kappa shape index (κ3) is 3.23. The highest BCUT2D eigenvalue weighted by Gasteiger charge is 2.11. The van der Waals surface area contributed by atoms with E-state index in [2.05, 4.69) is 0 Å². The Bertz CT molecular complexity index is 662. The van der Waals surface area contributed by atoms with E-state index in [0.717, 1.165) is 0 Å². The monoisotopic (exact) mass is 272 g/mol. The summed E-state index contributed by atoms with van der Waals surface area (Å²) in [5.41, 5.74) is 1.02. The average Bonchev–Trinajstić information content (AvgIpc) is 2.44. The molecule has 0 unspecified atom stereocenters. The highest BCUT2D eigenvalue weighted by Crippen LogP contribution is 2.21. The summed E-state index contributed by atoms with van der Waals surface area (Å²) in [5, 5.41) is 9.28. The molecule has 0 atom stereocenters. The highest BCUT2D eigenvalue weighted by atomic mass is 19.1. The molecule has 0 saturated heterocycles. The van der Waals surface area contributed by atoms with Crippen molar-refractivity contribution in [1.82, 2.24) is 0 Å². The first kappa shape index (κ1) is 13.8. The fraction of sp³-hybridized carbons (Fsp3) is 0.0625. The second-order valence-electron chi connectivity index (χ2n) is 4.15. The minimum absolute atomic E-state index is 0.0257. The number of halogens is 1. The number of carboxylic acid groups (broad SMARTS) is 1. The van der Waals surface area contributed by atoms with Gasteiger partial charge in [0.1, 0.15) is 11.6 Å². The predicted octanol–water partition coefficient (Wildman–Crippen LogP) is 3.46. The molecule has 20 heavy (non-hydrogen) atoms. The first-order valence-electron chi connectivity index (χ1n) is 5.95. The minimum Gasteiger partial charge on any atom is -0.497 e. The van der Waals surface area contributed by atoms with Crippen LogP contribution in [0.4, 0.5) is 4.39 Å². The molecule has 102 valence electrons. The van der Waals surface area contributed by atoms with Crippen LogP contribution in [0.2, 0.25) is 0 Å². The maximum atomic E-state index is 13.2. The second-order valence-corrected chi connectivity index (χ2v) is 4.15. The fourth-order valence-electron chi connectivity index (χ4n) is 1.82. The van der Waals surface area contributed by atoms with Crippen LogP contribution in [-0.4, -0.2) is 18.2 Å². The van der Waals surface area contributed by atoms with E-state index in [9.17, 15) is 14.3 Å². The zero-order chi connectivity index (χ0) is 14.5. The number of methoxy groups -OCH3 is 1. The number of hydrogen-bond acceptors (Lipinski definition) is 2. The lowest BCUT2D eigenvalue weighted by molar-refractivity contribution is -0.130. The van der Waals surface area contributed by atoms with Crippen molar-refractivity contribution >= 4 is 17.6 Å². The van der Waals surface area contributed by atoms with E-state index in [0.29, 0.717) is 16.9 Å². The molecule has 0 amide bonds. The van der Waals surface area contributed by atoms with Crippen LogP contribution in [0.1, 0.15) is 11.1 Å². The van der Waals surface area contributed by atoms with E-state index in [1.54, 1.807) is 30.3 Å². The Labute approximate surface area is 115 Å². The van der Waals surface area contributed by atoms with E-state index < -0.39 is 11.8 Å². The van der Waals surface area contributed by atoms with Crippen molar-refractivity contribution in [1.29, 1.82) is 0 Å². The third-order valence-corrected chi connectivity index (χ3v) is 2.77. The topological polar surface area (TPSA) is 46.5 Å². The van der Waals surface area contributed by atoms with Crippen LogP contribution in [-0.2, 0) is 4.79 Å². The smallest absolute Gasteiger partial charge is 0.336 e.